The SMILES string of the molecule is COc1cc(C=Nc2ccc(C)cc2C)cc(Br)c1OCc1ccc(Cl)cc1Cl. The number of ether oxygens (including phenoxy) is 2. The van der Waals surface area contributed by atoms with Gasteiger partial charge in [0.2, 0.25) is 0 Å². The Labute approximate surface area is 189 Å². The van der Waals surface area contributed by atoms with E-state index < -0.39 is 0 Å². The van der Waals surface area contributed by atoms with Gasteiger partial charge in [-0.15, -0.1) is 0 Å². The van der Waals surface area contributed by atoms with E-state index in [1.54, 1.807) is 19.2 Å². The molecular formula is C23H20BrCl2NO2. The van der Waals surface area contributed by atoms with Crippen molar-refractivity contribution in [2.24, 2.45) is 4.99 Å². The Hall–Kier alpha value is -2.01. The van der Waals surface area contributed by atoms with Crippen molar-refractivity contribution in [2.75, 3.05) is 7.11 Å². The van der Waals surface area contributed by atoms with E-state index in [0.717, 1.165) is 26.9 Å². The van der Waals surface area contributed by atoms with Gasteiger partial charge in [-0.3, -0.25) is 4.99 Å². The zero-order valence-electron chi connectivity index (χ0n) is 16.3. The lowest BCUT2D eigenvalue weighted by atomic mass is 10.1. The molecule has 0 saturated heterocycles. The predicted molar refractivity (Wildman–Crippen MR) is 125 cm³/mol. The van der Waals surface area contributed by atoms with Crippen LogP contribution in [-0.4, -0.2) is 13.3 Å². The van der Waals surface area contributed by atoms with E-state index in [4.69, 9.17) is 32.7 Å². The largest absolute Gasteiger partial charge is 0.493 e. The molecule has 0 fully saturated rings. The number of benzene rings is 3. The highest BCUT2D eigenvalue weighted by Gasteiger charge is 2.13. The molecule has 6 heteroatoms. The van der Waals surface area contributed by atoms with Gasteiger partial charge in [-0.1, -0.05) is 47.0 Å². The number of hydrogen-bond donors (Lipinski definition) is 0. The summed E-state index contributed by atoms with van der Waals surface area (Å²) in [6.07, 6.45) is 1.81. The number of aliphatic imine (C=N–C) groups is 1. The van der Waals surface area contributed by atoms with Gasteiger partial charge in [0.1, 0.15) is 6.61 Å². The quantitative estimate of drug-likeness (QED) is 0.330. The van der Waals surface area contributed by atoms with Crippen LogP contribution in [0.2, 0.25) is 10.0 Å². The van der Waals surface area contributed by atoms with Gasteiger partial charge in [-0.05, 0) is 71.2 Å². The molecule has 0 aliphatic rings. The third kappa shape index (κ3) is 5.53. The molecule has 0 radical (unpaired) electrons. The molecule has 3 nitrogen and oxygen atoms in total. The van der Waals surface area contributed by atoms with Crippen LogP contribution in [0.1, 0.15) is 22.3 Å². The summed E-state index contributed by atoms with van der Waals surface area (Å²) in [5.74, 6) is 1.20. The van der Waals surface area contributed by atoms with Crippen LogP contribution in [0.4, 0.5) is 5.69 Å². The van der Waals surface area contributed by atoms with Crippen molar-refractivity contribution in [1.82, 2.24) is 0 Å². The first-order valence-corrected chi connectivity index (χ1v) is 10.5. The Kier molecular flexibility index (Phi) is 7.23. The van der Waals surface area contributed by atoms with Gasteiger partial charge in [0.05, 0.1) is 17.3 Å². The van der Waals surface area contributed by atoms with E-state index in [1.165, 1.54) is 5.56 Å². The monoisotopic (exact) mass is 491 g/mol. The van der Waals surface area contributed by atoms with E-state index in [2.05, 4.69) is 46.9 Å². The van der Waals surface area contributed by atoms with E-state index in [9.17, 15) is 0 Å². The lowest BCUT2D eigenvalue weighted by Gasteiger charge is -2.14. The van der Waals surface area contributed by atoms with Crippen LogP contribution in [0.3, 0.4) is 0 Å². The molecule has 0 amide bonds. The molecule has 0 unspecified atom stereocenters. The van der Waals surface area contributed by atoms with Crippen molar-refractivity contribution in [3.05, 3.63) is 85.3 Å². The molecule has 29 heavy (non-hydrogen) atoms. The molecular weight excluding hydrogens is 473 g/mol. The van der Waals surface area contributed by atoms with Gasteiger partial charge >= 0.3 is 0 Å². The number of aryl methyl sites for hydroxylation is 2. The van der Waals surface area contributed by atoms with Crippen molar-refractivity contribution >= 4 is 51.0 Å². The van der Waals surface area contributed by atoms with Gasteiger partial charge in [0.15, 0.2) is 11.5 Å². The molecule has 3 aromatic carbocycles. The molecule has 0 N–H and O–H groups in total. The minimum absolute atomic E-state index is 0.293. The van der Waals surface area contributed by atoms with Crippen molar-refractivity contribution < 1.29 is 9.47 Å². The second kappa shape index (κ2) is 9.66. The molecule has 0 atom stereocenters. The predicted octanol–water partition coefficient (Wildman–Crippen LogP) is 7.71. The summed E-state index contributed by atoms with van der Waals surface area (Å²) in [7, 11) is 1.61. The summed E-state index contributed by atoms with van der Waals surface area (Å²) < 4.78 is 12.3. The summed E-state index contributed by atoms with van der Waals surface area (Å²) in [6, 6.07) is 15.3. The zero-order valence-corrected chi connectivity index (χ0v) is 19.4. The maximum atomic E-state index is 6.23. The Morgan fingerprint density at radius 2 is 1.83 bits per heavy atom. The summed E-state index contributed by atoms with van der Waals surface area (Å²) >= 11 is 15.8. The summed E-state index contributed by atoms with van der Waals surface area (Å²) in [4.78, 5) is 4.60. The Morgan fingerprint density at radius 1 is 1.03 bits per heavy atom. The van der Waals surface area contributed by atoms with Crippen LogP contribution < -0.4 is 9.47 Å². The first kappa shape index (κ1) is 21.7. The summed E-state index contributed by atoms with van der Waals surface area (Å²) in [5, 5.41) is 1.15. The molecule has 3 rings (SSSR count). The number of hydrogen-bond acceptors (Lipinski definition) is 3. The Balaban J connectivity index is 1.82. The van der Waals surface area contributed by atoms with Gasteiger partial charge in [-0.2, -0.15) is 0 Å². The number of nitrogens with zero attached hydrogens (tertiary/aromatic N) is 1. The Morgan fingerprint density at radius 3 is 2.52 bits per heavy atom. The first-order chi connectivity index (χ1) is 13.9. The number of rotatable bonds is 6. The van der Waals surface area contributed by atoms with Crippen LogP contribution in [0.5, 0.6) is 11.5 Å². The van der Waals surface area contributed by atoms with Crippen LogP contribution in [0.15, 0.2) is 58.0 Å². The second-order valence-corrected chi connectivity index (χ2v) is 8.30. The normalized spacial score (nSPS) is 11.1. The fraction of sp³-hybridized carbons (Fsp3) is 0.174. The molecule has 0 aliphatic heterocycles. The van der Waals surface area contributed by atoms with E-state index >= 15 is 0 Å². The molecule has 0 heterocycles. The minimum atomic E-state index is 0.293. The standard InChI is InChI=1S/C23H20BrCl2NO2/c1-14-4-7-21(15(2)8-14)27-12-16-9-19(24)23(22(10-16)28-3)29-13-17-5-6-18(25)11-20(17)26/h4-12H,13H2,1-3H3. The second-order valence-electron chi connectivity index (χ2n) is 6.61. The van der Waals surface area contributed by atoms with Gasteiger partial charge in [0.25, 0.3) is 0 Å². The molecule has 0 aliphatic carbocycles. The minimum Gasteiger partial charge on any atom is -0.493 e. The van der Waals surface area contributed by atoms with E-state index in [0.29, 0.717) is 28.2 Å². The highest BCUT2D eigenvalue weighted by Crippen LogP contribution is 2.37. The van der Waals surface area contributed by atoms with Crippen molar-refractivity contribution in [3.63, 3.8) is 0 Å². The lowest BCUT2D eigenvalue weighted by Crippen LogP contribution is -2.00. The highest BCUT2D eigenvalue weighted by molar-refractivity contribution is 9.10. The molecule has 3 aromatic rings. The molecule has 150 valence electrons. The Bertz CT molecular complexity index is 1070. The molecule has 0 aromatic heterocycles. The van der Waals surface area contributed by atoms with Crippen LogP contribution >= 0.6 is 39.1 Å². The maximum Gasteiger partial charge on any atom is 0.175 e. The summed E-state index contributed by atoms with van der Waals surface area (Å²) in [6.45, 7) is 4.41. The summed E-state index contributed by atoms with van der Waals surface area (Å²) in [5.41, 5.74) is 5.01. The zero-order chi connectivity index (χ0) is 21.0. The van der Waals surface area contributed by atoms with Crippen LogP contribution in [0.25, 0.3) is 0 Å². The topological polar surface area (TPSA) is 30.8 Å². The average Bonchev–Trinajstić information content (AvgIpc) is 2.67. The average molecular weight is 493 g/mol. The van der Waals surface area contributed by atoms with Crippen LogP contribution in [0, 0.1) is 13.8 Å². The third-order valence-corrected chi connectivity index (χ3v) is 5.52. The van der Waals surface area contributed by atoms with Gasteiger partial charge < -0.3 is 9.47 Å². The van der Waals surface area contributed by atoms with E-state index in [-0.39, 0.29) is 0 Å². The van der Waals surface area contributed by atoms with Gasteiger partial charge in [0, 0.05) is 21.8 Å². The van der Waals surface area contributed by atoms with Crippen molar-refractivity contribution in [3.8, 4) is 11.5 Å². The van der Waals surface area contributed by atoms with Crippen molar-refractivity contribution in [1.29, 1.82) is 0 Å². The van der Waals surface area contributed by atoms with Gasteiger partial charge in [-0.25, -0.2) is 0 Å². The smallest absolute Gasteiger partial charge is 0.175 e. The maximum absolute atomic E-state index is 6.23. The molecule has 0 saturated carbocycles. The molecule has 0 bridgehead atoms. The lowest BCUT2D eigenvalue weighted by molar-refractivity contribution is 0.282. The fourth-order valence-corrected chi connectivity index (χ4v) is 3.87. The van der Waals surface area contributed by atoms with E-state index in [1.807, 2.05) is 30.5 Å². The van der Waals surface area contributed by atoms with Crippen molar-refractivity contribution in [2.45, 2.75) is 20.5 Å². The number of methoxy groups -OCH3 is 1. The molecule has 0 spiro atoms. The first-order valence-electron chi connectivity index (χ1n) is 8.93. The highest BCUT2D eigenvalue weighted by atomic mass is 79.9. The fourth-order valence-electron chi connectivity index (χ4n) is 2.84. The van der Waals surface area contributed by atoms with Crippen LogP contribution in [-0.2, 0) is 6.61 Å². The number of halogens is 3. The third-order valence-electron chi connectivity index (χ3n) is 4.34.